The normalized spacial score (nSPS) is 7.78. The van der Waals surface area contributed by atoms with Gasteiger partial charge in [0.05, 0.1) is 0 Å². The van der Waals surface area contributed by atoms with Gasteiger partial charge in [-0.25, -0.2) is 0 Å². The van der Waals surface area contributed by atoms with E-state index in [1.807, 2.05) is 0 Å². The van der Waals surface area contributed by atoms with Crippen LogP contribution in [-0.4, -0.2) is 19.6 Å². The molecular formula is H6O6P2Zn. The molecule has 54 valence electrons. The summed E-state index contributed by atoms with van der Waals surface area (Å²) in [7, 11) is -6.26. The molecule has 0 unspecified atom stereocenters. The predicted molar refractivity (Wildman–Crippen MR) is 26.9 cm³/mol. The smallest absolute Gasteiger partial charge is 0.314 e. The van der Waals surface area contributed by atoms with Crippen molar-refractivity contribution < 1.29 is 48.2 Å². The second-order valence-electron chi connectivity index (χ2n) is 0.565. The van der Waals surface area contributed by atoms with Crippen LogP contribution in [0.2, 0.25) is 0 Å². The van der Waals surface area contributed by atoms with Crippen LogP contribution in [0.5, 0.6) is 0 Å². The molecule has 0 aromatic heterocycles. The van der Waals surface area contributed by atoms with Gasteiger partial charge >= 0.3 is 16.5 Å². The Hall–Kier alpha value is 0.923. The standard InChI is InChI=1S/2H3O3P.Zn/c2*1-4(2)3;/h2*4H,(H2,1,2,3);. The molecule has 0 fully saturated rings. The Bertz CT molecular complexity index is 69.1. The van der Waals surface area contributed by atoms with Crippen molar-refractivity contribution in [2.24, 2.45) is 0 Å². The average molecular weight is 229 g/mol. The Morgan fingerprint density at radius 1 is 0.778 bits per heavy atom. The zero-order valence-electron chi connectivity index (χ0n) is 4.31. The van der Waals surface area contributed by atoms with Crippen LogP contribution in [0.4, 0.5) is 0 Å². The summed E-state index contributed by atoms with van der Waals surface area (Å²) >= 11 is 0. The maximum atomic E-state index is 8.74. The molecule has 0 saturated heterocycles. The van der Waals surface area contributed by atoms with Gasteiger partial charge in [0, 0.05) is 19.5 Å². The fourth-order valence-corrected chi connectivity index (χ4v) is 0. The molecule has 0 saturated carbocycles. The van der Waals surface area contributed by atoms with Crippen LogP contribution in [0.25, 0.3) is 0 Å². The van der Waals surface area contributed by atoms with E-state index in [2.05, 4.69) is 0 Å². The molecular weight excluding hydrogens is 223 g/mol. The van der Waals surface area contributed by atoms with Gasteiger partial charge in [-0.3, -0.25) is 9.13 Å². The van der Waals surface area contributed by atoms with Gasteiger partial charge in [-0.2, -0.15) is 0 Å². The van der Waals surface area contributed by atoms with Crippen molar-refractivity contribution in [3.05, 3.63) is 0 Å². The molecule has 0 rings (SSSR count). The van der Waals surface area contributed by atoms with Crippen molar-refractivity contribution in [2.45, 2.75) is 0 Å². The van der Waals surface area contributed by atoms with Crippen molar-refractivity contribution in [1.29, 1.82) is 0 Å². The minimum absolute atomic E-state index is 0. The van der Waals surface area contributed by atoms with E-state index >= 15 is 0 Å². The van der Waals surface area contributed by atoms with Gasteiger partial charge in [0.1, 0.15) is 0 Å². The molecule has 9 heavy (non-hydrogen) atoms. The van der Waals surface area contributed by atoms with Crippen LogP contribution in [0, 0.1) is 0 Å². The van der Waals surface area contributed by atoms with Crippen LogP contribution in [-0.2, 0) is 28.6 Å². The van der Waals surface area contributed by atoms with E-state index in [0.717, 1.165) is 0 Å². The molecule has 0 radical (unpaired) electrons. The third kappa shape index (κ3) is 502. The predicted octanol–water partition coefficient (Wildman–Crippen LogP) is -1.28. The summed E-state index contributed by atoms with van der Waals surface area (Å²) in [4.78, 5) is 28.6. The van der Waals surface area contributed by atoms with Crippen molar-refractivity contribution in [2.75, 3.05) is 0 Å². The first kappa shape index (κ1) is 16.5. The fourth-order valence-electron chi connectivity index (χ4n) is 0. The van der Waals surface area contributed by atoms with Crippen molar-refractivity contribution in [3.63, 3.8) is 0 Å². The molecule has 6 nitrogen and oxygen atoms in total. The van der Waals surface area contributed by atoms with Gasteiger partial charge in [0.2, 0.25) is 0 Å². The summed E-state index contributed by atoms with van der Waals surface area (Å²) in [6.45, 7) is 0. The zero-order chi connectivity index (χ0) is 7.15. The first-order chi connectivity index (χ1) is 3.46. The van der Waals surface area contributed by atoms with Crippen LogP contribution in [0.15, 0.2) is 0 Å². The van der Waals surface area contributed by atoms with E-state index < -0.39 is 16.5 Å². The molecule has 0 amide bonds. The van der Waals surface area contributed by atoms with Crippen LogP contribution in [0.1, 0.15) is 0 Å². The van der Waals surface area contributed by atoms with E-state index in [1.54, 1.807) is 0 Å². The van der Waals surface area contributed by atoms with Crippen molar-refractivity contribution in [3.8, 4) is 0 Å². The summed E-state index contributed by atoms with van der Waals surface area (Å²) < 4.78 is 17.5. The second-order valence-corrected chi connectivity index (χ2v) is 1.70. The van der Waals surface area contributed by atoms with Gasteiger partial charge in [-0.05, 0) is 0 Å². The summed E-state index contributed by atoms with van der Waals surface area (Å²) in [5.74, 6) is 0. The molecule has 0 aliphatic rings. The molecule has 0 aliphatic heterocycles. The number of hydrogen-bond acceptors (Lipinski definition) is 2. The van der Waals surface area contributed by atoms with Gasteiger partial charge in [0.25, 0.3) is 0 Å². The Balaban J connectivity index is -0.0000000720. The Kier molecular flexibility index (Phi) is 21.4. The molecule has 0 heterocycles. The van der Waals surface area contributed by atoms with E-state index in [1.165, 1.54) is 0 Å². The van der Waals surface area contributed by atoms with Crippen molar-refractivity contribution in [1.82, 2.24) is 0 Å². The molecule has 0 aliphatic carbocycles. The SMILES string of the molecule is O=[PH](O)O.O=[PH](O)O.[Zn]. The van der Waals surface area contributed by atoms with Gasteiger partial charge in [0.15, 0.2) is 0 Å². The molecule has 4 N–H and O–H groups in total. The number of rotatable bonds is 0. The number of hydrogen-bond donors (Lipinski definition) is 4. The molecule has 0 atom stereocenters. The van der Waals surface area contributed by atoms with Crippen LogP contribution in [0.3, 0.4) is 0 Å². The molecule has 0 bridgehead atoms. The summed E-state index contributed by atoms with van der Waals surface area (Å²) in [6.07, 6.45) is 0. The fraction of sp³-hybridized carbons (Fsp3) is 0. The van der Waals surface area contributed by atoms with E-state index in [9.17, 15) is 0 Å². The minimum atomic E-state index is -3.13. The van der Waals surface area contributed by atoms with E-state index in [-0.39, 0.29) is 19.5 Å². The largest absolute Gasteiger partial charge is 0.326 e. The third-order valence-electron chi connectivity index (χ3n) is 0. The average Bonchev–Trinajstić information content (AvgIpc) is 1.25. The quantitative estimate of drug-likeness (QED) is 0.304. The first-order valence-corrected chi connectivity index (χ1v) is 3.91. The molecule has 0 aromatic carbocycles. The summed E-state index contributed by atoms with van der Waals surface area (Å²) in [5, 5.41) is 0. The second kappa shape index (κ2) is 11.7. The van der Waals surface area contributed by atoms with Crippen LogP contribution < -0.4 is 0 Å². The summed E-state index contributed by atoms with van der Waals surface area (Å²) in [6, 6.07) is 0. The van der Waals surface area contributed by atoms with Gasteiger partial charge < -0.3 is 19.6 Å². The zero-order valence-corrected chi connectivity index (χ0v) is 9.28. The monoisotopic (exact) mass is 228 g/mol. The van der Waals surface area contributed by atoms with Gasteiger partial charge in [-0.1, -0.05) is 0 Å². The van der Waals surface area contributed by atoms with Gasteiger partial charge in [-0.15, -0.1) is 0 Å². The Morgan fingerprint density at radius 3 is 0.778 bits per heavy atom. The van der Waals surface area contributed by atoms with Crippen LogP contribution >= 0.6 is 16.5 Å². The Labute approximate surface area is 65.2 Å². The topological polar surface area (TPSA) is 115 Å². The van der Waals surface area contributed by atoms with E-state index in [4.69, 9.17) is 28.7 Å². The van der Waals surface area contributed by atoms with E-state index in [0.29, 0.717) is 0 Å². The maximum Gasteiger partial charge on any atom is 0.314 e. The summed E-state index contributed by atoms with van der Waals surface area (Å²) in [5.41, 5.74) is 0. The molecule has 9 heteroatoms. The Morgan fingerprint density at radius 2 is 0.778 bits per heavy atom. The molecule has 0 spiro atoms. The third-order valence-corrected chi connectivity index (χ3v) is 0. The first-order valence-electron chi connectivity index (χ1n) is 1.30. The maximum absolute atomic E-state index is 8.74. The van der Waals surface area contributed by atoms with Crippen molar-refractivity contribution >= 4 is 16.5 Å². The molecule has 0 aromatic rings. The minimum Gasteiger partial charge on any atom is -0.326 e.